The molecule has 1 atom stereocenters. The van der Waals surface area contributed by atoms with Crippen LogP contribution >= 0.6 is 0 Å². The molecule has 8 heteroatoms. The Hall–Kier alpha value is -1.60. The molecule has 0 amide bonds. The van der Waals surface area contributed by atoms with Gasteiger partial charge in [-0.3, -0.25) is 0 Å². The summed E-state index contributed by atoms with van der Waals surface area (Å²) in [7, 11) is 0. The van der Waals surface area contributed by atoms with Crippen LogP contribution in [-0.4, -0.2) is 25.1 Å². The van der Waals surface area contributed by atoms with Crippen molar-refractivity contribution in [2.45, 2.75) is 89.6 Å². The number of rotatable bonds is 9. The molecule has 0 saturated heterocycles. The van der Waals surface area contributed by atoms with Gasteiger partial charge < -0.3 is 9.47 Å². The van der Waals surface area contributed by atoms with Gasteiger partial charge in [-0.15, -0.1) is 0 Å². The third-order valence-electron chi connectivity index (χ3n) is 7.29. The number of hydrogen-bond acceptors (Lipinski definition) is 2. The monoisotopic (exact) mass is 480 g/mol. The molecule has 0 radical (unpaired) electrons. The second kappa shape index (κ2) is 11.2. The first kappa shape index (κ1) is 26.0. The van der Waals surface area contributed by atoms with Gasteiger partial charge in [-0.2, -0.15) is 22.0 Å². The minimum Gasteiger partial charge on any atom is -0.493 e. The fourth-order valence-corrected chi connectivity index (χ4v) is 5.40. The van der Waals surface area contributed by atoms with Gasteiger partial charge >= 0.3 is 12.3 Å². The molecular weight excluding hydrogens is 446 g/mol. The van der Waals surface area contributed by atoms with E-state index in [1.165, 1.54) is 63.5 Å². The fraction of sp³-hybridized carbons (Fsp3) is 0.760. The number of alkyl halides is 6. The van der Waals surface area contributed by atoms with E-state index in [1.54, 1.807) is 0 Å². The highest BCUT2D eigenvalue weighted by Crippen LogP contribution is 2.42. The van der Waals surface area contributed by atoms with Crippen molar-refractivity contribution < 1.29 is 35.8 Å². The Labute approximate surface area is 192 Å². The van der Waals surface area contributed by atoms with E-state index in [2.05, 4.69) is 11.7 Å². The van der Waals surface area contributed by atoms with Gasteiger partial charge in [0.15, 0.2) is 0 Å². The molecule has 2 aliphatic carbocycles. The molecule has 2 saturated carbocycles. The van der Waals surface area contributed by atoms with Crippen LogP contribution in [-0.2, 0) is 0 Å². The molecule has 188 valence electrons. The number of halogens is 6. The number of ether oxygens (including phenoxy) is 2. The van der Waals surface area contributed by atoms with Crippen LogP contribution in [0.4, 0.5) is 26.3 Å². The summed E-state index contributed by atoms with van der Waals surface area (Å²) in [5.41, 5.74) is 0. The van der Waals surface area contributed by atoms with E-state index in [4.69, 9.17) is 4.74 Å². The molecule has 2 nitrogen and oxygen atoms in total. The van der Waals surface area contributed by atoms with Crippen LogP contribution in [0.25, 0.3) is 0 Å². The molecule has 0 N–H and O–H groups in total. The maximum atomic E-state index is 13.4. The molecule has 2 aliphatic rings. The highest BCUT2D eigenvalue weighted by Gasteiger charge is 2.59. The first-order chi connectivity index (χ1) is 15.6. The van der Waals surface area contributed by atoms with Gasteiger partial charge in [0.05, 0.1) is 6.61 Å². The second-order valence-corrected chi connectivity index (χ2v) is 9.70. The first-order valence-electron chi connectivity index (χ1n) is 12.1. The minimum atomic E-state index is -5.71. The lowest BCUT2D eigenvalue weighted by atomic mass is 9.69. The normalized spacial score (nSPS) is 27.7. The zero-order chi connectivity index (χ0) is 24.1. The Bertz CT molecular complexity index is 705. The average molecular weight is 481 g/mol. The van der Waals surface area contributed by atoms with E-state index < -0.39 is 24.2 Å². The van der Waals surface area contributed by atoms with E-state index in [0.29, 0.717) is 18.3 Å². The van der Waals surface area contributed by atoms with E-state index in [-0.39, 0.29) is 0 Å². The van der Waals surface area contributed by atoms with Crippen molar-refractivity contribution in [3.05, 3.63) is 24.3 Å². The third kappa shape index (κ3) is 7.44. The predicted octanol–water partition coefficient (Wildman–Crippen LogP) is 8.35. The lowest BCUT2D eigenvalue weighted by molar-refractivity contribution is -0.304. The fourth-order valence-electron chi connectivity index (χ4n) is 5.40. The van der Waals surface area contributed by atoms with Crippen LogP contribution in [0.15, 0.2) is 24.3 Å². The lowest BCUT2D eigenvalue weighted by Crippen LogP contribution is -2.45. The SMILES string of the molecule is CCCC1CCC(C2CCC(COc3ccc(OC(F)(F)C(F)C(F)(F)F)cc3)CC2)CC1. The minimum absolute atomic E-state index is 0.412. The molecule has 33 heavy (non-hydrogen) atoms. The average Bonchev–Trinajstić information content (AvgIpc) is 2.78. The number of benzene rings is 1. The van der Waals surface area contributed by atoms with Gasteiger partial charge in [0, 0.05) is 0 Å². The van der Waals surface area contributed by atoms with Gasteiger partial charge in [-0.05, 0) is 86.5 Å². The van der Waals surface area contributed by atoms with Gasteiger partial charge in [-0.1, -0.05) is 32.6 Å². The molecule has 0 aliphatic heterocycles. The largest absolute Gasteiger partial charge is 0.493 e. The maximum absolute atomic E-state index is 13.4. The lowest BCUT2D eigenvalue weighted by Gasteiger charge is -2.37. The van der Waals surface area contributed by atoms with Crippen molar-refractivity contribution in [1.82, 2.24) is 0 Å². The standard InChI is InChI=1S/C25H34F6O2/c1-2-3-17-4-8-19(9-5-17)20-10-6-18(7-11-20)16-32-21-12-14-22(15-13-21)33-25(30,31)23(26)24(27,28)29/h12-15,17-20,23H,2-11,16H2,1H3. The molecule has 2 fully saturated rings. The van der Waals surface area contributed by atoms with Crippen LogP contribution < -0.4 is 9.47 Å². The third-order valence-corrected chi connectivity index (χ3v) is 7.29. The topological polar surface area (TPSA) is 18.5 Å². The summed E-state index contributed by atoms with van der Waals surface area (Å²) in [6.07, 6.45) is -2.40. The molecule has 0 spiro atoms. The Kier molecular flexibility index (Phi) is 8.84. The Morgan fingerprint density at radius 1 is 0.788 bits per heavy atom. The van der Waals surface area contributed by atoms with Gasteiger partial charge in [0.2, 0.25) is 0 Å². The van der Waals surface area contributed by atoms with Gasteiger partial charge in [-0.25, -0.2) is 4.39 Å². The maximum Gasteiger partial charge on any atom is 0.439 e. The summed E-state index contributed by atoms with van der Waals surface area (Å²) in [6, 6.07) is 4.79. The molecule has 1 aromatic rings. The van der Waals surface area contributed by atoms with Crippen LogP contribution in [0.1, 0.15) is 71.1 Å². The quantitative estimate of drug-likeness (QED) is 0.331. The van der Waals surface area contributed by atoms with E-state index in [0.717, 1.165) is 42.7 Å². The summed E-state index contributed by atoms with van der Waals surface area (Å²) < 4.78 is 86.0. The Morgan fingerprint density at radius 2 is 1.27 bits per heavy atom. The molecule has 3 rings (SSSR count). The first-order valence-corrected chi connectivity index (χ1v) is 12.1. The molecule has 1 unspecified atom stereocenters. The Morgan fingerprint density at radius 3 is 1.76 bits per heavy atom. The summed E-state index contributed by atoms with van der Waals surface area (Å²) in [5, 5.41) is 0. The van der Waals surface area contributed by atoms with Crippen molar-refractivity contribution >= 4 is 0 Å². The van der Waals surface area contributed by atoms with E-state index >= 15 is 0 Å². The molecule has 0 bridgehead atoms. The highest BCUT2D eigenvalue weighted by molar-refractivity contribution is 5.31. The van der Waals surface area contributed by atoms with Crippen molar-refractivity contribution in [3.8, 4) is 11.5 Å². The van der Waals surface area contributed by atoms with Crippen molar-refractivity contribution in [2.24, 2.45) is 23.7 Å². The highest BCUT2D eigenvalue weighted by atomic mass is 19.4. The molecule has 1 aromatic carbocycles. The summed E-state index contributed by atoms with van der Waals surface area (Å²) in [5.74, 6) is 2.85. The molecular formula is C25H34F6O2. The molecule has 0 aromatic heterocycles. The zero-order valence-electron chi connectivity index (χ0n) is 19.1. The Balaban J connectivity index is 1.39. The van der Waals surface area contributed by atoms with Crippen LogP contribution in [0.2, 0.25) is 0 Å². The van der Waals surface area contributed by atoms with Crippen molar-refractivity contribution in [3.63, 3.8) is 0 Å². The predicted molar refractivity (Wildman–Crippen MR) is 114 cm³/mol. The smallest absolute Gasteiger partial charge is 0.439 e. The van der Waals surface area contributed by atoms with Gasteiger partial charge in [0.1, 0.15) is 11.5 Å². The van der Waals surface area contributed by atoms with Crippen LogP contribution in [0.5, 0.6) is 11.5 Å². The number of hydrogen-bond donors (Lipinski definition) is 0. The van der Waals surface area contributed by atoms with Crippen molar-refractivity contribution in [2.75, 3.05) is 6.61 Å². The zero-order valence-corrected chi connectivity index (χ0v) is 19.1. The van der Waals surface area contributed by atoms with Gasteiger partial charge in [0.25, 0.3) is 6.17 Å². The molecule has 0 heterocycles. The summed E-state index contributed by atoms with van der Waals surface area (Å²) >= 11 is 0. The summed E-state index contributed by atoms with van der Waals surface area (Å²) in [6.45, 7) is 2.77. The van der Waals surface area contributed by atoms with Crippen molar-refractivity contribution in [1.29, 1.82) is 0 Å². The van der Waals surface area contributed by atoms with E-state index in [9.17, 15) is 26.3 Å². The second-order valence-electron chi connectivity index (χ2n) is 9.70. The van der Waals surface area contributed by atoms with Crippen LogP contribution in [0, 0.1) is 23.7 Å². The van der Waals surface area contributed by atoms with Crippen LogP contribution in [0.3, 0.4) is 0 Å². The summed E-state index contributed by atoms with van der Waals surface area (Å²) in [4.78, 5) is 0. The van der Waals surface area contributed by atoms with E-state index in [1.807, 2.05) is 0 Å².